The molecule has 1 aromatic heterocycles. The Labute approximate surface area is 160 Å². The van der Waals surface area contributed by atoms with E-state index in [1.165, 1.54) is 11.3 Å². The van der Waals surface area contributed by atoms with Crippen LogP contribution in [0.15, 0.2) is 54.6 Å². The van der Waals surface area contributed by atoms with Gasteiger partial charge in [0.1, 0.15) is 5.01 Å². The van der Waals surface area contributed by atoms with Gasteiger partial charge in [-0.1, -0.05) is 59.9 Å². The minimum atomic E-state index is -0.194. The van der Waals surface area contributed by atoms with Gasteiger partial charge in [0.05, 0.1) is 0 Å². The van der Waals surface area contributed by atoms with Crippen LogP contribution in [0.25, 0.3) is 10.6 Å². The Morgan fingerprint density at radius 2 is 1.89 bits per heavy atom. The Kier molecular flexibility index (Phi) is 4.93. The summed E-state index contributed by atoms with van der Waals surface area (Å²) in [6.07, 6.45) is 1.42. The molecule has 0 fully saturated rings. The van der Waals surface area contributed by atoms with Gasteiger partial charge in [-0.15, -0.1) is 10.2 Å². The lowest BCUT2D eigenvalue weighted by molar-refractivity contribution is -0.121. The zero-order chi connectivity index (χ0) is 18.6. The maximum atomic E-state index is 12.2. The Morgan fingerprint density at radius 1 is 1.11 bits per heavy atom. The van der Waals surface area contributed by atoms with E-state index in [1.54, 1.807) is 0 Å². The molecule has 1 unspecified atom stereocenters. The van der Waals surface area contributed by atoms with Crippen molar-refractivity contribution in [3.05, 3.63) is 60.2 Å². The number of carbonyl (C=O) groups excluding carboxylic acids is 2. The first-order valence-electron chi connectivity index (χ1n) is 8.76. The molecule has 0 saturated carbocycles. The number of para-hydroxylation sites is 1. The van der Waals surface area contributed by atoms with Gasteiger partial charge in [-0.25, -0.2) is 0 Å². The summed E-state index contributed by atoms with van der Waals surface area (Å²) in [4.78, 5) is 24.5. The van der Waals surface area contributed by atoms with Gasteiger partial charge >= 0.3 is 0 Å². The maximum absolute atomic E-state index is 12.2. The quantitative estimate of drug-likeness (QED) is 0.708. The molecule has 0 aliphatic carbocycles. The molecule has 136 valence electrons. The van der Waals surface area contributed by atoms with Crippen LogP contribution >= 0.6 is 11.3 Å². The zero-order valence-corrected chi connectivity index (χ0v) is 15.3. The van der Waals surface area contributed by atoms with Gasteiger partial charge in [0, 0.05) is 23.6 Å². The second-order valence-electron chi connectivity index (χ2n) is 6.41. The molecule has 7 heteroatoms. The highest BCUT2D eigenvalue weighted by molar-refractivity contribution is 7.18. The summed E-state index contributed by atoms with van der Waals surface area (Å²) in [5.74, 6) is -0.374. The first kappa shape index (κ1) is 17.4. The van der Waals surface area contributed by atoms with Gasteiger partial charge in [-0.3, -0.25) is 9.59 Å². The number of anilines is 2. The summed E-state index contributed by atoms with van der Waals surface area (Å²) < 4.78 is 0. The molecule has 1 atom stereocenters. The number of rotatable bonds is 5. The predicted molar refractivity (Wildman–Crippen MR) is 105 cm³/mol. The first-order chi connectivity index (χ1) is 13.2. The third-order valence-electron chi connectivity index (χ3n) is 4.52. The third-order valence-corrected chi connectivity index (χ3v) is 5.41. The minimum Gasteiger partial charge on any atom is -0.326 e. The van der Waals surface area contributed by atoms with Crippen LogP contribution < -0.4 is 10.6 Å². The molecule has 0 spiro atoms. The molecule has 0 saturated heterocycles. The lowest BCUT2D eigenvalue weighted by Gasteiger charge is -2.24. The molecule has 4 rings (SSSR count). The average Bonchev–Trinajstić information content (AvgIpc) is 3.15. The van der Waals surface area contributed by atoms with E-state index in [0.29, 0.717) is 18.0 Å². The highest BCUT2D eigenvalue weighted by Crippen LogP contribution is 2.28. The number of aromatic nitrogens is 2. The van der Waals surface area contributed by atoms with Gasteiger partial charge in [0.2, 0.25) is 16.9 Å². The van der Waals surface area contributed by atoms with E-state index in [0.717, 1.165) is 21.8 Å². The molecule has 0 bridgehead atoms. The van der Waals surface area contributed by atoms with E-state index in [9.17, 15) is 9.59 Å². The average molecular weight is 378 g/mol. The SMILES string of the molecule is O=C(CCC1Cc2ccccc2NC1=O)Nc1nnc(-c2ccccc2)s1. The van der Waals surface area contributed by atoms with Crippen molar-refractivity contribution in [3.8, 4) is 10.6 Å². The van der Waals surface area contributed by atoms with Crippen molar-refractivity contribution in [2.24, 2.45) is 5.92 Å². The van der Waals surface area contributed by atoms with Gasteiger partial charge in [-0.05, 0) is 24.5 Å². The van der Waals surface area contributed by atoms with Gasteiger partial charge in [0.15, 0.2) is 0 Å². The van der Waals surface area contributed by atoms with Gasteiger partial charge < -0.3 is 10.6 Å². The van der Waals surface area contributed by atoms with E-state index in [2.05, 4.69) is 20.8 Å². The van der Waals surface area contributed by atoms with E-state index < -0.39 is 0 Å². The van der Waals surface area contributed by atoms with Crippen LogP contribution in [-0.4, -0.2) is 22.0 Å². The van der Waals surface area contributed by atoms with Crippen LogP contribution in [0.3, 0.4) is 0 Å². The van der Waals surface area contributed by atoms with Crippen molar-refractivity contribution in [2.45, 2.75) is 19.3 Å². The molecule has 2 aromatic carbocycles. The number of amides is 2. The fourth-order valence-electron chi connectivity index (χ4n) is 3.10. The third kappa shape index (κ3) is 4.03. The number of carbonyl (C=O) groups is 2. The molecule has 0 radical (unpaired) electrons. The summed E-state index contributed by atoms with van der Waals surface area (Å²) >= 11 is 1.33. The Hall–Kier alpha value is -3.06. The fraction of sp³-hybridized carbons (Fsp3) is 0.200. The molecule has 27 heavy (non-hydrogen) atoms. The number of hydrogen-bond donors (Lipinski definition) is 2. The Morgan fingerprint density at radius 3 is 2.74 bits per heavy atom. The second-order valence-corrected chi connectivity index (χ2v) is 7.39. The standard InChI is InChI=1S/C20H18N4O2S/c25-17(22-20-24-23-19(27-20)13-6-2-1-3-7-13)11-10-15-12-14-8-4-5-9-16(14)21-18(15)26/h1-9,15H,10-12H2,(H,21,26)(H,22,24,25). The zero-order valence-electron chi connectivity index (χ0n) is 14.5. The molecule has 2 heterocycles. The second kappa shape index (κ2) is 7.67. The van der Waals surface area contributed by atoms with Crippen molar-refractivity contribution >= 4 is 34.0 Å². The molecular formula is C20H18N4O2S. The van der Waals surface area contributed by atoms with Crippen molar-refractivity contribution in [1.29, 1.82) is 0 Å². The van der Waals surface area contributed by atoms with E-state index >= 15 is 0 Å². The molecule has 2 amide bonds. The lowest BCUT2D eigenvalue weighted by Crippen LogP contribution is -2.30. The Bertz CT molecular complexity index is 971. The fourth-order valence-corrected chi connectivity index (χ4v) is 3.87. The monoisotopic (exact) mass is 378 g/mol. The minimum absolute atomic E-state index is 0.0243. The lowest BCUT2D eigenvalue weighted by atomic mass is 9.89. The first-order valence-corrected chi connectivity index (χ1v) is 9.58. The van der Waals surface area contributed by atoms with Crippen molar-refractivity contribution < 1.29 is 9.59 Å². The molecule has 6 nitrogen and oxygen atoms in total. The summed E-state index contributed by atoms with van der Waals surface area (Å²) in [6, 6.07) is 17.5. The molecular weight excluding hydrogens is 360 g/mol. The van der Waals surface area contributed by atoms with Gasteiger partial charge in [-0.2, -0.15) is 0 Å². The van der Waals surface area contributed by atoms with Crippen LogP contribution in [-0.2, 0) is 16.0 Å². The molecule has 2 N–H and O–H groups in total. The highest BCUT2D eigenvalue weighted by atomic mass is 32.1. The predicted octanol–water partition coefficient (Wildman–Crippen LogP) is 3.73. The van der Waals surface area contributed by atoms with Crippen LogP contribution in [0.5, 0.6) is 0 Å². The summed E-state index contributed by atoms with van der Waals surface area (Å²) in [5.41, 5.74) is 2.94. The number of hydrogen-bond acceptors (Lipinski definition) is 5. The summed E-state index contributed by atoms with van der Waals surface area (Å²) in [5, 5.41) is 15.1. The molecule has 3 aromatic rings. The van der Waals surface area contributed by atoms with Crippen LogP contribution in [0.2, 0.25) is 0 Å². The van der Waals surface area contributed by atoms with E-state index in [4.69, 9.17) is 0 Å². The number of nitrogens with zero attached hydrogens (tertiary/aromatic N) is 2. The van der Waals surface area contributed by atoms with Crippen molar-refractivity contribution in [3.63, 3.8) is 0 Å². The molecule has 1 aliphatic heterocycles. The van der Waals surface area contributed by atoms with Crippen molar-refractivity contribution in [1.82, 2.24) is 10.2 Å². The Balaban J connectivity index is 1.33. The smallest absolute Gasteiger partial charge is 0.227 e. The van der Waals surface area contributed by atoms with Crippen LogP contribution in [0.1, 0.15) is 18.4 Å². The van der Waals surface area contributed by atoms with Crippen molar-refractivity contribution in [2.75, 3.05) is 10.6 Å². The van der Waals surface area contributed by atoms with Gasteiger partial charge in [0.25, 0.3) is 0 Å². The number of benzene rings is 2. The van der Waals surface area contributed by atoms with E-state index in [1.807, 2.05) is 54.6 Å². The molecule has 1 aliphatic rings. The number of fused-ring (bicyclic) bond motifs is 1. The van der Waals surface area contributed by atoms with Crippen LogP contribution in [0, 0.1) is 5.92 Å². The highest BCUT2D eigenvalue weighted by Gasteiger charge is 2.26. The summed E-state index contributed by atoms with van der Waals surface area (Å²) in [7, 11) is 0. The summed E-state index contributed by atoms with van der Waals surface area (Å²) in [6.45, 7) is 0. The van der Waals surface area contributed by atoms with Crippen LogP contribution in [0.4, 0.5) is 10.8 Å². The number of nitrogens with one attached hydrogen (secondary N) is 2. The maximum Gasteiger partial charge on any atom is 0.227 e. The largest absolute Gasteiger partial charge is 0.326 e. The van der Waals surface area contributed by atoms with E-state index in [-0.39, 0.29) is 24.2 Å². The topological polar surface area (TPSA) is 84.0 Å². The normalized spacial score (nSPS) is 15.7.